The number of halogens is 1. The summed E-state index contributed by atoms with van der Waals surface area (Å²) in [7, 11) is 1.56. The quantitative estimate of drug-likeness (QED) is 0.272. The highest BCUT2D eigenvalue weighted by Gasteiger charge is 2.38. The van der Waals surface area contributed by atoms with Crippen molar-refractivity contribution in [3.63, 3.8) is 0 Å². The topological polar surface area (TPSA) is 114 Å². The Morgan fingerprint density at radius 2 is 1.93 bits per heavy atom. The number of rotatable bonds is 7. The molecule has 4 heterocycles. The van der Waals surface area contributed by atoms with Gasteiger partial charge in [-0.1, -0.05) is 22.8 Å². The molecule has 2 atom stereocenters. The van der Waals surface area contributed by atoms with E-state index in [1.807, 2.05) is 29.7 Å². The molecule has 2 aliphatic rings. The van der Waals surface area contributed by atoms with Crippen LogP contribution in [-0.4, -0.2) is 60.4 Å². The molecule has 2 fully saturated rings. The van der Waals surface area contributed by atoms with Crippen LogP contribution in [0.3, 0.4) is 0 Å². The van der Waals surface area contributed by atoms with E-state index in [0.717, 1.165) is 52.3 Å². The van der Waals surface area contributed by atoms with Crippen LogP contribution in [0, 0.1) is 13.8 Å². The van der Waals surface area contributed by atoms with Crippen LogP contribution in [0.4, 0.5) is 5.69 Å². The number of carbonyl (C=O) groups excluding carboxylic acids is 1. The number of fused-ring (bicyclic) bond motifs is 1. The van der Waals surface area contributed by atoms with Gasteiger partial charge in [-0.05, 0) is 69.0 Å². The lowest BCUT2D eigenvalue weighted by Gasteiger charge is -2.34. The number of hydrogen-bond acceptors (Lipinski definition) is 7. The second-order valence-corrected chi connectivity index (χ2v) is 12.0. The number of amides is 1. The smallest absolute Gasteiger partial charge is 0.227 e. The Morgan fingerprint density at radius 1 is 1.15 bits per heavy atom. The summed E-state index contributed by atoms with van der Waals surface area (Å²) in [4.78, 5) is 22.3. The van der Waals surface area contributed by atoms with E-state index in [-0.39, 0.29) is 23.9 Å². The van der Waals surface area contributed by atoms with Crippen molar-refractivity contribution in [1.82, 2.24) is 19.6 Å². The number of anilines is 1. The zero-order valence-corrected chi connectivity index (χ0v) is 24.7. The fraction of sp³-hybridized carbons (Fsp3) is 0.414. The Hall–Kier alpha value is -3.25. The van der Waals surface area contributed by atoms with Crippen LogP contribution in [-0.2, 0) is 15.9 Å². The van der Waals surface area contributed by atoms with Crippen LogP contribution in [0.1, 0.15) is 55.0 Å². The van der Waals surface area contributed by atoms with Gasteiger partial charge >= 0.3 is 0 Å². The maximum Gasteiger partial charge on any atom is 0.227 e. The number of likely N-dealkylation sites (tertiary alicyclic amines) is 1. The van der Waals surface area contributed by atoms with Gasteiger partial charge in [0.1, 0.15) is 23.2 Å². The standard InChI is InChI=1S/C29H32ClN5O5S/c1-17-28(18(2)40-32-17)19-4-6-24-23(14-19)31-29(35(24)20-10-12-33(13-11-20)16-41(37)38)25-7-9-27(36)34(25)21-5-8-26(39-3)22(30)15-21/h4-6,8,14-15,20,25H,7,9-13,16H2,1-3H3,(H,37,38)/t25-/m0/s1. The fourth-order valence-corrected chi connectivity index (χ4v) is 7.13. The number of nitrogens with zero attached hydrogens (tertiary/aromatic N) is 5. The predicted octanol–water partition coefficient (Wildman–Crippen LogP) is 5.65. The van der Waals surface area contributed by atoms with Crippen molar-refractivity contribution in [2.45, 2.75) is 51.6 Å². The van der Waals surface area contributed by atoms with Gasteiger partial charge in [0.25, 0.3) is 0 Å². The third kappa shape index (κ3) is 5.16. The number of methoxy groups -OCH3 is 1. The second-order valence-electron chi connectivity index (χ2n) is 10.7. The van der Waals surface area contributed by atoms with Gasteiger partial charge in [-0.2, -0.15) is 0 Å². The third-order valence-electron chi connectivity index (χ3n) is 8.18. The number of aryl methyl sites for hydroxylation is 2. The van der Waals surface area contributed by atoms with Crippen molar-refractivity contribution >= 4 is 45.3 Å². The van der Waals surface area contributed by atoms with E-state index in [2.05, 4.69) is 27.9 Å². The van der Waals surface area contributed by atoms with Crippen molar-refractivity contribution in [2.24, 2.45) is 0 Å². The number of benzene rings is 2. The molecule has 0 radical (unpaired) electrons. The predicted molar refractivity (Wildman–Crippen MR) is 158 cm³/mol. The third-order valence-corrected chi connectivity index (χ3v) is 9.06. The summed E-state index contributed by atoms with van der Waals surface area (Å²) < 4.78 is 33.8. The molecule has 6 rings (SSSR count). The molecule has 2 aromatic heterocycles. The maximum atomic E-state index is 13.3. The highest BCUT2D eigenvalue weighted by atomic mass is 35.5. The second kappa shape index (κ2) is 11.2. The normalized spacial score (nSPS) is 19.4. The largest absolute Gasteiger partial charge is 0.495 e. The number of piperidine rings is 1. The molecule has 2 aromatic carbocycles. The van der Waals surface area contributed by atoms with Crippen LogP contribution in [0.2, 0.25) is 5.02 Å². The van der Waals surface area contributed by atoms with Gasteiger partial charge in [0, 0.05) is 36.8 Å². The number of aromatic nitrogens is 3. The minimum atomic E-state index is -1.87. The van der Waals surface area contributed by atoms with Crippen molar-refractivity contribution in [1.29, 1.82) is 0 Å². The molecule has 2 aliphatic heterocycles. The molecule has 4 aromatic rings. The highest BCUT2D eigenvalue weighted by molar-refractivity contribution is 7.79. The highest BCUT2D eigenvalue weighted by Crippen LogP contribution is 2.42. The first kappa shape index (κ1) is 27.9. The molecule has 1 N–H and O–H groups in total. The van der Waals surface area contributed by atoms with E-state index >= 15 is 0 Å². The minimum absolute atomic E-state index is 0.0199. The number of carbonyl (C=O) groups is 1. The van der Waals surface area contributed by atoms with Gasteiger partial charge in [-0.25, -0.2) is 9.19 Å². The molecule has 1 unspecified atom stereocenters. The first-order valence-electron chi connectivity index (χ1n) is 13.7. The summed E-state index contributed by atoms with van der Waals surface area (Å²) in [5.41, 5.74) is 5.29. The Morgan fingerprint density at radius 3 is 2.59 bits per heavy atom. The maximum absolute atomic E-state index is 13.3. The van der Waals surface area contributed by atoms with Crippen LogP contribution in [0.5, 0.6) is 5.75 Å². The Balaban J connectivity index is 1.45. The molecule has 0 spiro atoms. The summed E-state index contributed by atoms with van der Waals surface area (Å²) in [5.74, 6) is 2.30. The van der Waals surface area contributed by atoms with Crippen molar-refractivity contribution in [2.75, 3.05) is 31.0 Å². The Labute approximate surface area is 245 Å². The molecular weight excluding hydrogens is 566 g/mol. The van der Waals surface area contributed by atoms with Gasteiger partial charge < -0.3 is 23.3 Å². The summed E-state index contributed by atoms with van der Waals surface area (Å²) in [6, 6.07) is 11.5. The number of hydrogen-bond donors (Lipinski definition) is 1. The first-order valence-corrected chi connectivity index (χ1v) is 15.3. The van der Waals surface area contributed by atoms with Gasteiger partial charge in [-0.3, -0.25) is 9.69 Å². The molecule has 0 bridgehead atoms. The lowest BCUT2D eigenvalue weighted by atomic mass is 10.0. The lowest BCUT2D eigenvalue weighted by molar-refractivity contribution is -0.117. The van der Waals surface area contributed by atoms with Crippen molar-refractivity contribution in [3.8, 4) is 16.9 Å². The van der Waals surface area contributed by atoms with Crippen molar-refractivity contribution in [3.05, 3.63) is 58.7 Å². The fourth-order valence-electron chi connectivity index (χ4n) is 6.31. The van der Waals surface area contributed by atoms with Crippen LogP contribution < -0.4 is 9.64 Å². The molecule has 41 heavy (non-hydrogen) atoms. The summed E-state index contributed by atoms with van der Waals surface area (Å²) >= 11 is 4.60. The van der Waals surface area contributed by atoms with Gasteiger partial charge in [0.15, 0.2) is 11.1 Å². The first-order chi connectivity index (χ1) is 19.7. The van der Waals surface area contributed by atoms with Crippen molar-refractivity contribution < 1.29 is 22.8 Å². The average molecular weight is 598 g/mol. The molecule has 0 saturated carbocycles. The van der Waals surface area contributed by atoms with Crippen LogP contribution in [0.25, 0.3) is 22.2 Å². The van der Waals surface area contributed by atoms with E-state index in [9.17, 15) is 13.6 Å². The van der Waals surface area contributed by atoms with E-state index in [4.69, 9.17) is 25.8 Å². The van der Waals surface area contributed by atoms with E-state index in [1.165, 1.54) is 0 Å². The molecule has 12 heteroatoms. The van der Waals surface area contributed by atoms with Crippen LogP contribution >= 0.6 is 11.6 Å². The summed E-state index contributed by atoms with van der Waals surface area (Å²) in [5, 5.41) is 4.56. The molecule has 216 valence electrons. The molecule has 10 nitrogen and oxygen atoms in total. The average Bonchev–Trinajstić information content (AvgIpc) is 3.62. The van der Waals surface area contributed by atoms with Crippen LogP contribution in [0.15, 0.2) is 40.9 Å². The lowest BCUT2D eigenvalue weighted by Crippen LogP contribution is -2.37. The Bertz CT molecular complexity index is 1620. The monoisotopic (exact) mass is 597 g/mol. The summed E-state index contributed by atoms with van der Waals surface area (Å²) in [6.07, 6.45) is 2.64. The Kier molecular flexibility index (Phi) is 7.62. The molecular formula is C29H32ClN5O5S. The summed E-state index contributed by atoms with van der Waals surface area (Å²) in [6.45, 7) is 5.23. The van der Waals surface area contributed by atoms with Gasteiger partial charge in [0.05, 0.1) is 34.9 Å². The number of imidazole rings is 1. The van der Waals surface area contributed by atoms with E-state index in [1.54, 1.807) is 19.2 Å². The zero-order chi connectivity index (χ0) is 28.8. The van der Waals surface area contributed by atoms with E-state index in [0.29, 0.717) is 42.4 Å². The molecule has 1 amide bonds. The zero-order valence-electron chi connectivity index (χ0n) is 23.2. The molecule has 2 saturated heterocycles. The number of ether oxygens (including phenoxy) is 1. The van der Waals surface area contributed by atoms with Gasteiger partial charge in [-0.15, -0.1) is 0 Å². The minimum Gasteiger partial charge on any atom is -0.495 e. The SMILES string of the molecule is COc1ccc(N2C(=O)CC[C@H]2c2nc3cc(-c4c(C)noc4C)ccc3n2C2CCN(CS(=O)O)CC2)cc1Cl. The van der Waals surface area contributed by atoms with E-state index < -0.39 is 11.1 Å². The molecule has 0 aliphatic carbocycles. The van der Waals surface area contributed by atoms with Gasteiger partial charge in [0.2, 0.25) is 5.91 Å².